The molecule has 1 fully saturated rings. The Bertz CT molecular complexity index is 423. The van der Waals surface area contributed by atoms with Gasteiger partial charge in [-0.2, -0.15) is 0 Å². The zero-order chi connectivity index (χ0) is 19.6. The van der Waals surface area contributed by atoms with Crippen LogP contribution in [-0.2, 0) is 23.4 Å². The van der Waals surface area contributed by atoms with Crippen LogP contribution in [0.25, 0.3) is 0 Å². The molecule has 25 heavy (non-hydrogen) atoms. The fraction of sp³-hybridized carbons (Fsp3) is 0.947. The zero-order valence-corrected chi connectivity index (χ0v) is 18.7. The predicted octanol–water partition coefficient (Wildman–Crippen LogP) is 4.65. The molecule has 0 aromatic carbocycles. The number of ether oxygens (including phenoxy) is 3. The van der Waals surface area contributed by atoms with Crippen molar-refractivity contribution in [3.8, 4) is 0 Å². The summed E-state index contributed by atoms with van der Waals surface area (Å²) >= 11 is 0. The van der Waals surface area contributed by atoms with Gasteiger partial charge in [0.15, 0.2) is 11.9 Å². The molecule has 2 unspecified atom stereocenters. The summed E-state index contributed by atoms with van der Waals surface area (Å²) in [5.41, 5.74) is 1.12. The molecule has 1 aliphatic heterocycles. The molecule has 5 nitrogen and oxygen atoms in total. The summed E-state index contributed by atoms with van der Waals surface area (Å²) in [4.78, 5) is 12.8. The molecule has 0 bridgehead atoms. The summed E-state index contributed by atoms with van der Waals surface area (Å²) in [7, 11) is -2.25. The number of hydrogen-bond acceptors (Lipinski definition) is 5. The van der Waals surface area contributed by atoms with Gasteiger partial charge < -0.3 is 18.6 Å². The Hall–Kier alpha value is -0.433. The van der Waals surface area contributed by atoms with Crippen molar-refractivity contribution in [1.82, 2.24) is 0 Å². The van der Waals surface area contributed by atoms with Crippen molar-refractivity contribution in [2.75, 3.05) is 6.61 Å². The van der Waals surface area contributed by atoms with E-state index in [9.17, 15) is 4.79 Å². The maximum atomic E-state index is 12.8. The lowest BCUT2D eigenvalue weighted by Crippen LogP contribution is -2.55. The van der Waals surface area contributed by atoms with Crippen molar-refractivity contribution in [1.29, 1.82) is 0 Å². The lowest BCUT2D eigenvalue weighted by molar-refractivity contribution is -0.173. The van der Waals surface area contributed by atoms with Gasteiger partial charge >= 0.3 is 5.97 Å². The van der Waals surface area contributed by atoms with Crippen LogP contribution in [0.2, 0.25) is 16.6 Å². The van der Waals surface area contributed by atoms with E-state index in [0.29, 0.717) is 23.2 Å². The molecule has 0 N–H and O–H groups in total. The fourth-order valence-corrected chi connectivity index (χ4v) is 9.57. The van der Waals surface area contributed by atoms with Crippen LogP contribution in [0.5, 0.6) is 0 Å². The Labute approximate surface area is 154 Å². The highest BCUT2D eigenvalue weighted by Crippen LogP contribution is 2.44. The minimum atomic E-state index is -2.25. The van der Waals surface area contributed by atoms with Gasteiger partial charge in [-0.3, -0.25) is 0 Å². The fourth-order valence-electron chi connectivity index (χ4n) is 4.07. The molecule has 1 rings (SSSR count). The van der Waals surface area contributed by atoms with Crippen LogP contribution < -0.4 is 0 Å². The average Bonchev–Trinajstić information content (AvgIpc) is 2.77. The third kappa shape index (κ3) is 5.28. The molecule has 0 saturated carbocycles. The van der Waals surface area contributed by atoms with E-state index in [4.69, 9.17) is 18.6 Å². The van der Waals surface area contributed by atoms with Gasteiger partial charge in [0, 0.05) is 0 Å². The van der Waals surface area contributed by atoms with Gasteiger partial charge in [0.05, 0.1) is 12.7 Å². The van der Waals surface area contributed by atoms with Crippen molar-refractivity contribution >= 4 is 14.3 Å². The van der Waals surface area contributed by atoms with Gasteiger partial charge in [0.1, 0.15) is 6.10 Å². The van der Waals surface area contributed by atoms with Crippen LogP contribution in [0, 0.1) is 0 Å². The molecule has 6 heteroatoms. The highest BCUT2D eigenvalue weighted by atomic mass is 28.4. The second kappa shape index (κ2) is 8.50. The number of hydrogen-bond donors (Lipinski definition) is 0. The zero-order valence-electron chi connectivity index (χ0n) is 17.7. The molecule has 1 aliphatic rings. The van der Waals surface area contributed by atoms with E-state index >= 15 is 0 Å². The molecule has 0 spiro atoms. The molecular formula is C19H38O5Si. The summed E-state index contributed by atoms with van der Waals surface area (Å²) in [6, 6.07) is 0. The van der Waals surface area contributed by atoms with Crippen LogP contribution in [-0.4, -0.2) is 45.0 Å². The highest BCUT2D eigenvalue weighted by molar-refractivity contribution is 6.77. The van der Waals surface area contributed by atoms with Crippen LogP contribution in [0.4, 0.5) is 0 Å². The van der Waals surface area contributed by atoms with Gasteiger partial charge in [-0.05, 0) is 44.3 Å². The second-order valence-corrected chi connectivity index (χ2v) is 14.1. The Kier molecular flexibility index (Phi) is 7.69. The summed E-state index contributed by atoms with van der Waals surface area (Å²) in [6.07, 6.45) is -1.38. The van der Waals surface area contributed by atoms with Crippen molar-refractivity contribution in [2.24, 2.45) is 0 Å². The van der Waals surface area contributed by atoms with E-state index in [2.05, 4.69) is 41.5 Å². The van der Waals surface area contributed by atoms with E-state index in [-0.39, 0.29) is 12.1 Å². The van der Waals surface area contributed by atoms with Crippen LogP contribution in [0.1, 0.15) is 69.2 Å². The SMILES string of the molecule is CC(C)OC(=O)C(O[Si](C(C)C)(C(C)C)C(C)C)C1COC(C)(C)O1. The number of carbonyl (C=O) groups is 1. The van der Waals surface area contributed by atoms with Crippen LogP contribution in [0.3, 0.4) is 0 Å². The Morgan fingerprint density at radius 3 is 1.80 bits per heavy atom. The Morgan fingerprint density at radius 2 is 1.48 bits per heavy atom. The summed E-state index contributed by atoms with van der Waals surface area (Å²) in [5, 5.41) is 0. The van der Waals surface area contributed by atoms with E-state index < -0.39 is 26.3 Å². The summed E-state index contributed by atoms with van der Waals surface area (Å²) < 4.78 is 23.9. The topological polar surface area (TPSA) is 54.0 Å². The standard InChI is InChI=1S/C19H38O5Si/c1-12(2)22-18(20)17(16-11-21-19(9,10)23-16)24-25(13(3)4,14(5)6)15(7)8/h12-17H,11H2,1-10H3. The maximum Gasteiger partial charge on any atom is 0.337 e. The van der Waals surface area contributed by atoms with E-state index in [1.165, 1.54) is 0 Å². The molecule has 1 saturated heterocycles. The van der Waals surface area contributed by atoms with E-state index in [0.717, 1.165) is 0 Å². The van der Waals surface area contributed by atoms with E-state index in [1.54, 1.807) is 0 Å². The summed E-state index contributed by atoms with van der Waals surface area (Å²) in [5.74, 6) is -1.05. The quantitative estimate of drug-likeness (QED) is 0.457. The molecule has 1 heterocycles. The van der Waals surface area contributed by atoms with Crippen molar-refractivity contribution in [2.45, 2.75) is 110 Å². The van der Waals surface area contributed by atoms with Gasteiger partial charge in [0.25, 0.3) is 0 Å². The van der Waals surface area contributed by atoms with E-state index in [1.807, 2.05) is 27.7 Å². The highest BCUT2D eigenvalue weighted by Gasteiger charge is 2.51. The third-order valence-electron chi connectivity index (χ3n) is 4.99. The molecular weight excluding hydrogens is 336 g/mol. The molecule has 2 atom stereocenters. The maximum absolute atomic E-state index is 12.8. The molecule has 0 aromatic rings. The molecule has 0 radical (unpaired) electrons. The average molecular weight is 375 g/mol. The monoisotopic (exact) mass is 374 g/mol. The second-order valence-electron chi connectivity index (χ2n) is 8.71. The van der Waals surface area contributed by atoms with Crippen LogP contribution in [0.15, 0.2) is 0 Å². The normalized spacial score (nSPS) is 22.2. The number of rotatable bonds is 8. The van der Waals surface area contributed by atoms with Gasteiger partial charge in [-0.15, -0.1) is 0 Å². The number of esters is 1. The first-order valence-corrected chi connectivity index (χ1v) is 11.7. The Morgan fingerprint density at radius 1 is 1.00 bits per heavy atom. The van der Waals surface area contributed by atoms with Crippen LogP contribution >= 0.6 is 0 Å². The minimum absolute atomic E-state index is 0.192. The van der Waals surface area contributed by atoms with Gasteiger partial charge in [0.2, 0.25) is 8.32 Å². The lowest BCUT2D eigenvalue weighted by Gasteiger charge is -2.44. The van der Waals surface area contributed by atoms with Crippen molar-refractivity contribution < 1.29 is 23.4 Å². The van der Waals surface area contributed by atoms with Gasteiger partial charge in [-0.1, -0.05) is 41.5 Å². The smallest absolute Gasteiger partial charge is 0.337 e. The van der Waals surface area contributed by atoms with Crippen molar-refractivity contribution in [3.63, 3.8) is 0 Å². The molecule has 148 valence electrons. The summed E-state index contributed by atoms with van der Waals surface area (Å²) in [6.45, 7) is 21.0. The first-order valence-electron chi connectivity index (χ1n) is 9.53. The first kappa shape index (κ1) is 22.6. The van der Waals surface area contributed by atoms with Gasteiger partial charge in [-0.25, -0.2) is 4.79 Å². The first-order chi connectivity index (χ1) is 11.3. The lowest BCUT2D eigenvalue weighted by atomic mass is 10.2. The molecule has 0 amide bonds. The third-order valence-corrected chi connectivity index (χ3v) is 11.1. The Balaban J connectivity index is 3.19. The minimum Gasteiger partial charge on any atom is -0.461 e. The molecule has 0 aromatic heterocycles. The predicted molar refractivity (Wildman–Crippen MR) is 102 cm³/mol. The van der Waals surface area contributed by atoms with Crippen molar-refractivity contribution in [3.05, 3.63) is 0 Å². The molecule has 0 aliphatic carbocycles. The number of carbonyl (C=O) groups excluding carboxylic acids is 1. The largest absolute Gasteiger partial charge is 0.461 e.